The molecule has 64 valence electrons. The molecule has 3 N–H and O–H groups in total. The monoisotopic (exact) mass is 159 g/mol. The van der Waals surface area contributed by atoms with Crippen LogP contribution in [-0.4, -0.2) is 43.8 Å². The van der Waals surface area contributed by atoms with Crippen molar-refractivity contribution in [3.8, 4) is 0 Å². The van der Waals surface area contributed by atoms with Crippen molar-refractivity contribution in [2.75, 3.05) is 26.7 Å². The second kappa shape index (κ2) is 3.66. The van der Waals surface area contributed by atoms with E-state index in [2.05, 4.69) is 5.32 Å². The van der Waals surface area contributed by atoms with E-state index in [0.29, 0.717) is 19.6 Å². The molecule has 0 aliphatic carbocycles. The predicted molar refractivity (Wildman–Crippen MR) is 39.6 cm³/mol. The molecule has 1 saturated heterocycles. The van der Waals surface area contributed by atoms with Crippen LogP contribution in [0.5, 0.6) is 0 Å². The number of carbonyl (C=O) groups excluding carboxylic acids is 1. The Labute approximate surface area is 65.4 Å². The molecule has 1 aliphatic heterocycles. The lowest BCUT2D eigenvalue weighted by Gasteiger charge is -2.01. The van der Waals surface area contributed by atoms with Crippen LogP contribution in [0.25, 0.3) is 0 Å². The molecule has 2 unspecified atom stereocenters. The topological polar surface area (TPSA) is 67.4 Å². The van der Waals surface area contributed by atoms with Crippen LogP contribution in [0.3, 0.4) is 0 Å². The largest absolute Gasteiger partial charge is 0.353 e. The van der Waals surface area contributed by atoms with E-state index in [1.165, 1.54) is 0 Å². The zero-order chi connectivity index (χ0) is 8.27. The number of rotatable bonds is 4. The molecule has 0 aromatic heterocycles. The number of hydroxylamine groups is 2. The van der Waals surface area contributed by atoms with Gasteiger partial charge in [0, 0.05) is 13.1 Å². The Balaban J connectivity index is 2.12. The fourth-order valence-electron chi connectivity index (χ4n) is 0.852. The van der Waals surface area contributed by atoms with Gasteiger partial charge in [-0.05, 0) is 0 Å². The summed E-state index contributed by atoms with van der Waals surface area (Å²) in [6, 6.07) is -0.0912. The summed E-state index contributed by atoms with van der Waals surface area (Å²) >= 11 is 0. The summed E-state index contributed by atoms with van der Waals surface area (Å²) < 4.78 is 0. The van der Waals surface area contributed by atoms with Crippen LogP contribution in [-0.2, 0) is 9.63 Å². The van der Waals surface area contributed by atoms with Gasteiger partial charge in [-0.25, -0.2) is 0 Å². The number of nitrogens with one attached hydrogen (secondary N) is 1. The van der Waals surface area contributed by atoms with Gasteiger partial charge in [-0.3, -0.25) is 4.79 Å². The van der Waals surface area contributed by atoms with Crippen LogP contribution in [0.2, 0.25) is 0 Å². The number of amides is 1. The van der Waals surface area contributed by atoms with E-state index in [-0.39, 0.29) is 11.9 Å². The minimum Gasteiger partial charge on any atom is -0.353 e. The van der Waals surface area contributed by atoms with Crippen LogP contribution in [0.15, 0.2) is 0 Å². The summed E-state index contributed by atoms with van der Waals surface area (Å²) in [6.45, 7) is 1.70. The van der Waals surface area contributed by atoms with Crippen molar-refractivity contribution in [1.82, 2.24) is 10.4 Å². The van der Waals surface area contributed by atoms with Gasteiger partial charge >= 0.3 is 0 Å². The van der Waals surface area contributed by atoms with Gasteiger partial charge in [0.25, 0.3) is 0 Å². The molecule has 0 radical (unpaired) electrons. The fourth-order valence-corrected chi connectivity index (χ4v) is 0.852. The molecule has 0 spiro atoms. The minimum absolute atomic E-state index is 0.00250. The first-order valence-electron chi connectivity index (χ1n) is 3.58. The van der Waals surface area contributed by atoms with Gasteiger partial charge in [0.15, 0.2) is 0 Å². The van der Waals surface area contributed by atoms with Gasteiger partial charge in [0.2, 0.25) is 5.91 Å². The summed E-state index contributed by atoms with van der Waals surface area (Å²) in [5.74, 6) is -0.00250. The highest BCUT2D eigenvalue weighted by molar-refractivity contribution is 5.84. The highest BCUT2D eigenvalue weighted by Crippen LogP contribution is 2.15. The standard InChI is InChI=1S/C6H13N3O2/c1-11-9-4-5(9)6(10)8-3-2-7/h5H,2-4,7H2,1H3,(H,8,10). The highest BCUT2D eigenvalue weighted by Gasteiger charge is 2.40. The molecule has 0 aromatic rings. The van der Waals surface area contributed by atoms with Crippen LogP contribution in [0, 0.1) is 0 Å². The smallest absolute Gasteiger partial charge is 0.241 e. The third-order valence-electron chi connectivity index (χ3n) is 1.55. The van der Waals surface area contributed by atoms with E-state index in [0.717, 1.165) is 0 Å². The maximum absolute atomic E-state index is 11.0. The number of carbonyl (C=O) groups is 1. The first-order chi connectivity index (χ1) is 5.29. The SMILES string of the molecule is CON1CC1C(=O)NCCN. The Morgan fingerprint density at radius 3 is 3.09 bits per heavy atom. The number of nitrogens with two attached hydrogens (primary N) is 1. The first-order valence-corrected chi connectivity index (χ1v) is 3.58. The number of hydrogen-bond acceptors (Lipinski definition) is 4. The summed E-state index contributed by atoms with van der Waals surface area (Å²) in [6.07, 6.45) is 0. The second-order valence-electron chi connectivity index (χ2n) is 2.38. The van der Waals surface area contributed by atoms with Gasteiger partial charge < -0.3 is 15.9 Å². The third kappa shape index (κ3) is 2.14. The lowest BCUT2D eigenvalue weighted by Crippen LogP contribution is -2.33. The van der Waals surface area contributed by atoms with Crippen LogP contribution < -0.4 is 11.1 Å². The van der Waals surface area contributed by atoms with E-state index in [9.17, 15) is 4.79 Å². The lowest BCUT2D eigenvalue weighted by molar-refractivity contribution is -0.126. The average Bonchev–Trinajstić information content (AvgIpc) is 2.78. The Kier molecular flexibility index (Phi) is 2.81. The summed E-state index contributed by atoms with van der Waals surface area (Å²) in [5.41, 5.74) is 5.20. The van der Waals surface area contributed by atoms with Gasteiger partial charge in [0.1, 0.15) is 6.04 Å². The molecular formula is C6H13N3O2. The van der Waals surface area contributed by atoms with E-state index in [4.69, 9.17) is 10.6 Å². The van der Waals surface area contributed by atoms with Gasteiger partial charge in [0.05, 0.1) is 13.7 Å². The average molecular weight is 159 g/mol. The molecular weight excluding hydrogens is 146 g/mol. The fraction of sp³-hybridized carbons (Fsp3) is 0.833. The second-order valence-corrected chi connectivity index (χ2v) is 2.38. The molecule has 1 amide bonds. The molecule has 0 saturated carbocycles. The number of nitrogens with zero attached hydrogens (tertiary/aromatic N) is 1. The van der Waals surface area contributed by atoms with Crippen molar-refractivity contribution >= 4 is 5.91 Å². The molecule has 5 heteroatoms. The Hall–Kier alpha value is -0.650. The highest BCUT2D eigenvalue weighted by atomic mass is 16.7. The van der Waals surface area contributed by atoms with Crippen molar-refractivity contribution in [3.05, 3.63) is 0 Å². The molecule has 0 aromatic carbocycles. The van der Waals surface area contributed by atoms with E-state index in [1.54, 1.807) is 12.2 Å². The molecule has 1 fully saturated rings. The maximum atomic E-state index is 11.0. The van der Waals surface area contributed by atoms with Gasteiger partial charge in [-0.2, -0.15) is 5.06 Å². The van der Waals surface area contributed by atoms with E-state index < -0.39 is 0 Å². The summed E-state index contributed by atoms with van der Waals surface area (Å²) in [7, 11) is 1.55. The Bertz CT molecular complexity index is 151. The predicted octanol–water partition coefficient (Wildman–Crippen LogP) is -1.69. The lowest BCUT2D eigenvalue weighted by atomic mass is 10.4. The molecule has 1 aliphatic rings. The van der Waals surface area contributed by atoms with Crippen molar-refractivity contribution in [2.24, 2.45) is 5.73 Å². The van der Waals surface area contributed by atoms with Crippen molar-refractivity contribution in [1.29, 1.82) is 0 Å². The van der Waals surface area contributed by atoms with Crippen LogP contribution in [0.4, 0.5) is 0 Å². The molecule has 5 nitrogen and oxygen atoms in total. The molecule has 1 heterocycles. The quantitative estimate of drug-likeness (QED) is 0.480. The van der Waals surface area contributed by atoms with E-state index in [1.807, 2.05) is 0 Å². The zero-order valence-corrected chi connectivity index (χ0v) is 6.54. The molecule has 0 bridgehead atoms. The van der Waals surface area contributed by atoms with Crippen LogP contribution in [0.1, 0.15) is 0 Å². The van der Waals surface area contributed by atoms with Crippen molar-refractivity contribution in [2.45, 2.75) is 6.04 Å². The Morgan fingerprint density at radius 2 is 2.64 bits per heavy atom. The molecule has 1 rings (SSSR count). The molecule has 11 heavy (non-hydrogen) atoms. The first kappa shape index (κ1) is 8.45. The van der Waals surface area contributed by atoms with Gasteiger partial charge in [-0.1, -0.05) is 0 Å². The Morgan fingerprint density at radius 1 is 1.91 bits per heavy atom. The summed E-state index contributed by atoms with van der Waals surface area (Å²) in [5, 5.41) is 4.28. The van der Waals surface area contributed by atoms with Crippen LogP contribution >= 0.6 is 0 Å². The number of hydrogen-bond donors (Lipinski definition) is 2. The van der Waals surface area contributed by atoms with Crippen molar-refractivity contribution < 1.29 is 9.63 Å². The summed E-state index contributed by atoms with van der Waals surface area (Å²) in [4.78, 5) is 15.9. The molecule has 2 atom stereocenters. The van der Waals surface area contributed by atoms with Crippen molar-refractivity contribution in [3.63, 3.8) is 0 Å². The third-order valence-corrected chi connectivity index (χ3v) is 1.55. The minimum atomic E-state index is -0.0912. The zero-order valence-electron chi connectivity index (χ0n) is 6.54. The normalized spacial score (nSPS) is 28.2. The van der Waals surface area contributed by atoms with Gasteiger partial charge in [-0.15, -0.1) is 0 Å². The van der Waals surface area contributed by atoms with E-state index >= 15 is 0 Å². The maximum Gasteiger partial charge on any atom is 0.241 e.